The summed E-state index contributed by atoms with van der Waals surface area (Å²) in [7, 11) is 0. The summed E-state index contributed by atoms with van der Waals surface area (Å²) in [6.45, 7) is 5.58. The number of aryl methyl sites for hydroxylation is 1. The Kier molecular flexibility index (Phi) is 9.31. The highest BCUT2D eigenvalue weighted by Crippen LogP contribution is 2.18. The summed E-state index contributed by atoms with van der Waals surface area (Å²) in [5.41, 5.74) is 1.70. The highest BCUT2D eigenvalue weighted by Gasteiger charge is 2.24. The van der Waals surface area contributed by atoms with Crippen LogP contribution in [0.3, 0.4) is 0 Å². The smallest absolute Gasteiger partial charge is 0.494 e. The summed E-state index contributed by atoms with van der Waals surface area (Å²) >= 11 is 0. The Morgan fingerprint density at radius 1 is 0.971 bits per heavy atom. The number of carbonyl (C=O) groups is 3. The second-order valence-corrected chi connectivity index (χ2v) is 8.21. The minimum Gasteiger partial charge on any atom is -0.494 e. The number of amides is 2. The lowest BCUT2D eigenvalue weighted by molar-refractivity contribution is -0.122. The van der Waals surface area contributed by atoms with Crippen molar-refractivity contribution in [2.24, 2.45) is 0 Å². The number of rotatable bonds is 9. The van der Waals surface area contributed by atoms with E-state index in [1.807, 2.05) is 31.2 Å². The van der Waals surface area contributed by atoms with Gasteiger partial charge in [0.25, 0.3) is 5.91 Å². The van der Waals surface area contributed by atoms with E-state index in [1.165, 1.54) is 5.56 Å². The standard InChI is InChI=1S/C26H32N2O6/c1-3-32-26(31)34-23-12-8-20(9-13-23)25(30)28-16-14-21(15-17-28)27-24(29)5-4-18-33-22-10-6-19(2)7-11-22/h6-13,21H,3-5,14-18H2,1-2H3,(H,27,29). The Labute approximate surface area is 200 Å². The number of benzene rings is 2. The van der Waals surface area contributed by atoms with Crippen LogP contribution in [0.4, 0.5) is 4.79 Å². The lowest BCUT2D eigenvalue weighted by Gasteiger charge is -2.32. The molecule has 1 heterocycles. The molecule has 1 fully saturated rings. The van der Waals surface area contributed by atoms with Crippen molar-refractivity contribution in [3.63, 3.8) is 0 Å². The molecule has 1 N–H and O–H groups in total. The van der Waals surface area contributed by atoms with Gasteiger partial charge in [-0.1, -0.05) is 17.7 Å². The monoisotopic (exact) mass is 468 g/mol. The average Bonchev–Trinajstić information content (AvgIpc) is 2.84. The Hall–Kier alpha value is -3.55. The zero-order valence-corrected chi connectivity index (χ0v) is 19.7. The van der Waals surface area contributed by atoms with E-state index in [2.05, 4.69) is 5.32 Å². The molecule has 0 aromatic heterocycles. The molecule has 0 atom stereocenters. The molecular weight excluding hydrogens is 436 g/mol. The Bertz CT molecular complexity index is 950. The topological polar surface area (TPSA) is 94.2 Å². The van der Waals surface area contributed by atoms with E-state index < -0.39 is 6.16 Å². The van der Waals surface area contributed by atoms with Crippen molar-refractivity contribution in [2.45, 2.75) is 45.6 Å². The number of carbonyl (C=O) groups excluding carboxylic acids is 3. The van der Waals surface area contributed by atoms with Crippen LogP contribution >= 0.6 is 0 Å². The number of likely N-dealkylation sites (tertiary alicyclic amines) is 1. The maximum atomic E-state index is 12.8. The van der Waals surface area contributed by atoms with Gasteiger partial charge in [0.2, 0.25) is 5.91 Å². The normalized spacial score (nSPS) is 13.8. The van der Waals surface area contributed by atoms with Crippen molar-refractivity contribution in [3.8, 4) is 11.5 Å². The van der Waals surface area contributed by atoms with E-state index in [-0.39, 0.29) is 24.5 Å². The number of nitrogens with zero attached hydrogens (tertiary/aromatic N) is 1. The van der Waals surface area contributed by atoms with Gasteiger partial charge < -0.3 is 24.4 Å². The van der Waals surface area contributed by atoms with Crippen LogP contribution in [0, 0.1) is 6.92 Å². The minimum atomic E-state index is -0.774. The van der Waals surface area contributed by atoms with Gasteiger partial charge in [0.1, 0.15) is 11.5 Å². The summed E-state index contributed by atoms with van der Waals surface area (Å²) in [6.07, 6.45) is 1.70. The third kappa shape index (κ3) is 7.79. The van der Waals surface area contributed by atoms with Crippen molar-refractivity contribution in [1.82, 2.24) is 10.2 Å². The molecule has 34 heavy (non-hydrogen) atoms. The number of hydrogen-bond donors (Lipinski definition) is 1. The van der Waals surface area contributed by atoms with Crippen LogP contribution in [0.2, 0.25) is 0 Å². The fourth-order valence-electron chi connectivity index (χ4n) is 3.68. The maximum Gasteiger partial charge on any atom is 0.513 e. The zero-order chi connectivity index (χ0) is 24.3. The van der Waals surface area contributed by atoms with E-state index in [4.69, 9.17) is 14.2 Å². The zero-order valence-electron chi connectivity index (χ0n) is 19.7. The molecule has 2 aromatic carbocycles. The molecule has 2 amide bonds. The van der Waals surface area contributed by atoms with Crippen molar-refractivity contribution < 1.29 is 28.6 Å². The highest BCUT2D eigenvalue weighted by molar-refractivity contribution is 5.94. The molecule has 1 saturated heterocycles. The fraction of sp³-hybridized carbons (Fsp3) is 0.423. The van der Waals surface area contributed by atoms with Crippen LogP contribution in [0.1, 0.15) is 48.5 Å². The molecule has 0 spiro atoms. The van der Waals surface area contributed by atoms with Gasteiger partial charge in [-0.05, 0) is 69.5 Å². The fourth-order valence-corrected chi connectivity index (χ4v) is 3.68. The minimum absolute atomic E-state index is 0.00877. The molecule has 8 nitrogen and oxygen atoms in total. The van der Waals surface area contributed by atoms with Crippen LogP contribution in [-0.2, 0) is 9.53 Å². The Morgan fingerprint density at radius 2 is 1.62 bits per heavy atom. The number of piperidine rings is 1. The highest BCUT2D eigenvalue weighted by atomic mass is 16.7. The molecule has 0 unspecified atom stereocenters. The first kappa shape index (κ1) is 25.1. The van der Waals surface area contributed by atoms with Crippen molar-refractivity contribution >= 4 is 18.0 Å². The molecule has 2 aromatic rings. The summed E-state index contributed by atoms with van der Waals surface area (Å²) in [5, 5.41) is 3.07. The summed E-state index contributed by atoms with van der Waals surface area (Å²) in [4.78, 5) is 38.2. The Morgan fingerprint density at radius 3 is 2.26 bits per heavy atom. The molecule has 0 saturated carbocycles. The lowest BCUT2D eigenvalue weighted by Crippen LogP contribution is -2.46. The molecule has 0 radical (unpaired) electrons. The predicted molar refractivity (Wildman–Crippen MR) is 127 cm³/mol. The number of ether oxygens (including phenoxy) is 3. The van der Waals surface area contributed by atoms with Gasteiger partial charge in [-0.3, -0.25) is 9.59 Å². The molecule has 3 rings (SSSR count). The number of hydrogen-bond acceptors (Lipinski definition) is 6. The first-order valence-corrected chi connectivity index (χ1v) is 11.7. The summed E-state index contributed by atoms with van der Waals surface area (Å²) < 4.78 is 15.4. The first-order valence-electron chi connectivity index (χ1n) is 11.7. The molecule has 1 aliphatic heterocycles. The Balaban J connectivity index is 1.34. The molecule has 8 heteroatoms. The van der Waals surface area contributed by atoms with Crippen molar-refractivity contribution in [3.05, 3.63) is 59.7 Å². The molecule has 1 aliphatic rings. The SMILES string of the molecule is CCOC(=O)Oc1ccc(C(=O)N2CCC(NC(=O)CCCOc3ccc(C)cc3)CC2)cc1. The van der Waals surface area contributed by atoms with Gasteiger partial charge in [-0.2, -0.15) is 0 Å². The molecule has 0 bridgehead atoms. The second kappa shape index (κ2) is 12.6. The van der Waals surface area contributed by atoms with Crippen LogP contribution in [0.15, 0.2) is 48.5 Å². The van der Waals surface area contributed by atoms with Crippen LogP contribution < -0.4 is 14.8 Å². The maximum absolute atomic E-state index is 12.8. The quantitative estimate of drug-likeness (QED) is 0.338. The van der Waals surface area contributed by atoms with Gasteiger partial charge in [-0.15, -0.1) is 0 Å². The van der Waals surface area contributed by atoms with Gasteiger partial charge in [-0.25, -0.2) is 4.79 Å². The van der Waals surface area contributed by atoms with E-state index in [9.17, 15) is 14.4 Å². The number of nitrogens with one attached hydrogen (secondary N) is 1. The largest absolute Gasteiger partial charge is 0.513 e. The van der Waals surface area contributed by atoms with E-state index in [1.54, 1.807) is 36.1 Å². The third-order valence-electron chi connectivity index (χ3n) is 5.55. The summed E-state index contributed by atoms with van der Waals surface area (Å²) in [6, 6.07) is 14.3. The van der Waals surface area contributed by atoms with Crippen LogP contribution in [-0.4, -0.2) is 55.2 Å². The lowest BCUT2D eigenvalue weighted by atomic mass is 10.0. The molecular formula is C26H32N2O6. The van der Waals surface area contributed by atoms with Gasteiger partial charge >= 0.3 is 6.16 Å². The van der Waals surface area contributed by atoms with Crippen molar-refractivity contribution in [1.29, 1.82) is 0 Å². The van der Waals surface area contributed by atoms with E-state index in [0.29, 0.717) is 56.7 Å². The van der Waals surface area contributed by atoms with Crippen molar-refractivity contribution in [2.75, 3.05) is 26.3 Å². The average molecular weight is 469 g/mol. The van der Waals surface area contributed by atoms with Crippen LogP contribution in [0.25, 0.3) is 0 Å². The first-order chi connectivity index (χ1) is 16.4. The van der Waals surface area contributed by atoms with Gasteiger partial charge in [0, 0.05) is 31.1 Å². The van der Waals surface area contributed by atoms with Crippen LogP contribution in [0.5, 0.6) is 11.5 Å². The second-order valence-electron chi connectivity index (χ2n) is 8.21. The van der Waals surface area contributed by atoms with E-state index in [0.717, 1.165) is 5.75 Å². The third-order valence-corrected chi connectivity index (χ3v) is 5.55. The molecule has 182 valence electrons. The van der Waals surface area contributed by atoms with Gasteiger partial charge in [0.15, 0.2) is 0 Å². The summed E-state index contributed by atoms with van der Waals surface area (Å²) in [5.74, 6) is 1.06. The van der Waals surface area contributed by atoms with Gasteiger partial charge in [0.05, 0.1) is 13.2 Å². The molecule has 0 aliphatic carbocycles. The predicted octanol–water partition coefficient (Wildman–Crippen LogP) is 4.11. The van der Waals surface area contributed by atoms with E-state index >= 15 is 0 Å².